The maximum absolute atomic E-state index is 11.6. The zero-order valence-electron chi connectivity index (χ0n) is 10.7. The van der Waals surface area contributed by atoms with Crippen LogP contribution < -0.4 is 5.32 Å². The van der Waals surface area contributed by atoms with E-state index in [1.807, 2.05) is 12.3 Å². The molecule has 0 atom stereocenters. The average molecular weight is 296 g/mol. The Kier molecular flexibility index (Phi) is 5.41. The zero-order valence-corrected chi connectivity index (χ0v) is 12.3. The second-order valence-electron chi connectivity index (χ2n) is 4.03. The molecule has 0 spiro atoms. The molecule has 0 fully saturated rings. The number of aryl methyl sites for hydroxylation is 1. The quantitative estimate of drug-likeness (QED) is 0.817. The summed E-state index contributed by atoms with van der Waals surface area (Å²) in [7, 11) is 0. The molecule has 0 aliphatic carbocycles. The number of nitrogens with one attached hydrogen (secondary N) is 2. The minimum absolute atomic E-state index is 0.0662. The van der Waals surface area contributed by atoms with Gasteiger partial charge in [0.25, 0.3) is 0 Å². The van der Waals surface area contributed by atoms with Gasteiger partial charge in [0.15, 0.2) is 0 Å². The Labute approximate surface area is 120 Å². The van der Waals surface area contributed by atoms with Crippen molar-refractivity contribution in [3.8, 4) is 0 Å². The van der Waals surface area contributed by atoms with Crippen molar-refractivity contribution >= 4 is 29.0 Å². The summed E-state index contributed by atoms with van der Waals surface area (Å²) in [5.74, 6) is 1.33. The first-order chi connectivity index (χ1) is 9.24. The highest BCUT2D eigenvalue weighted by Gasteiger charge is 2.03. The number of nitrogens with zero attached hydrogens (tertiary/aromatic N) is 2. The van der Waals surface area contributed by atoms with Crippen LogP contribution in [0.15, 0.2) is 17.9 Å². The SMILES string of the molecule is Cc1nc(CSCC(=O)NCCc2cnc[nH]2)cs1. The monoisotopic (exact) mass is 296 g/mol. The fraction of sp³-hybridized carbons (Fsp3) is 0.417. The highest BCUT2D eigenvalue weighted by molar-refractivity contribution is 7.99. The molecule has 2 aromatic rings. The van der Waals surface area contributed by atoms with E-state index in [1.54, 1.807) is 35.6 Å². The van der Waals surface area contributed by atoms with Gasteiger partial charge in [-0.3, -0.25) is 4.79 Å². The molecule has 0 saturated carbocycles. The van der Waals surface area contributed by atoms with Crippen LogP contribution in [0.2, 0.25) is 0 Å². The third-order valence-electron chi connectivity index (χ3n) is 2.42. The fourth-order valence-corrected chi connectivity index (χ4v) is 3.00. The summed E-state index contributed by atoms with van der Waals surface area (Å²) in [5, 5.41) is 6.00. The Morgan fingerprint density at radius 1 is 1.58 bits per heavy atom. The van der Waals surface area contributed by atoms with Crippen molar-refractivity contribution in [2.75, 3.05) is 12.3 Å². The number of H-pyrrole nitrogens is 1. The van der Waals surface area contributed by atoms with Crippen molar-refractivity contribution < 1.29 is 4.79 Å². The molecule has 0 aliphatic rings. The van der Waals surface area contributed by atoms with Crippen molar-refractivity contribution in [1.29, 1.82) is 0 Å². The van der Waals surface area contributed by atoms with Crippen LogP contribution in [0, 0.1) is 6.92 Å². The fourth-order valence-electron chi connectivity index (χ4n) is 1.53. The highest BCUT2D eigenvalue weighted by atomic mass is 32.2. The average Bonchev–Trinajstić information content (AvgIpc) is 3.01. The van der Waals surface area contributed by atoms with Gasteiger partial charge in [-0.1, -0.05) is 0 Å². The lowest BCUT2D eigenvalue weighted by Gasteiger charge is -2.03. The molecular formula is C12H16N4OS2. The zero-order chi connectivity index (χ0) is 13.5. The number of aromatic amines is 1. The maximum Gasteiger partial charge on any atom is 0.230 e. The van der Waals surface area contributed by atoms with E-state index in [4.69, 9.17) is 0 Å². The second kappa shape index (κ2) is 7.30. The number of rotatable bonds is 7. The van der Waals surface area contributed by atoms with Gasteiger partial charge < -0.3 is 10.3 Å². The molecule has 0 aromatic carbocycles. The summed E-state index contributed by atoms with van der Waals surface area (Å²) in [5.41, 5.74) is 2.09. The summed E-state index contributed by atoms with van der Waals surface area (Å²) in [6.45, 7) is 2.62. The largest absolute Gasteiger partial charge is 0.355 e. The second-order valence-corrected chi connectivity index (χ2v) is 6.08. The Hall–Kier alpha value is -1.34. The van der Waals surface area contributed by atoms with Crippen LogP contribution in [0.3, 0.4) is 0 Å². The molecule has 7 heteroatoms. The Bertz CT molecular complexity index is 510. The molecule has 19 heavy (non-hydrogen) atoms. The number of amides is 1. The first-order valence-electron chi connectivity index (χ1n) is 5.97. The van der Waals surface area contributed by atoms with Crippen LogP contribution in [0.25, 0.3) is 0 Å². The molecule has 2 rings (SSSR count). The van der Waals surface area contributed by atoms with Gasteiger partial charge in [0.05, 0.1) is 22.8 Å². The Morgan fingerprint density at radius 2 is 2.47 bits per heavy atom. The molecule has 0 radical (unpaired) electrons. The summed E-state index contributed by atoms with van der Waals surface area (Å²) in [6, 6.07) is 0. The van der Waals surface area contributed by atoms with E-state index < -0.39 is 0 Å². The topological polar surface area (TPSA) is 70.7 Å². The van der Waals surface area contributed by atoms with Gasteiger partial charge in [0, 0.05) is 36.0 Å². The van der Waals surface area contributed by atoms with E-state index in [1.165, 1.54) is 0 Å². The molecule has 0 bridgehead atoms. The molecular weight excluding hydrogens is 280 g/mol. The van der Waals surface area contributed by atoms with Crippen LogP contribution in [0.1, 0.15) is 16.4 Å². The molecule has 2 heterocycles. The van der Waals surface area contributed by atoms with Crippen LogP contribution in [-0.4, -0.2) is 33.2 Å². The number of thiazole rings is 1. The smallest absolute Gasteiger partial charge is 0.230 e. The summed E-state index contributed by atoms with van der Waals surface area (Å²) in [4.78, 5) is 22.9. The molecule has 2 aromatic heterocycles. The summed E-state index contributed by atoms with van der Waals surface area (Å²) in [6.07, 6.45) is 4.19. The van der Waals surface area contributed by atoms with Crippen molar-refractivity contribution in [1.82, 2.24) is 20.3 Å². The Morgan fingerprint density at radius 3 is 3.16 bits per heavy atom. The molecule has 0 saturated heterocycles. The third-order valence-corrected chi connectivity index (χ3v) is 4.21. The maximum atomic E-state index is 11.6. The number of thioether (sulfide) groups is 1. The lowest BCUT2D eigenvalue weighted by molar-refractivity contribution is -0.118. The molecule has 0 unspecified atom stereocenters. The predicted octanol–water partition coefficient (Wildman–Crippen LogP) is 1.77. The number of imidazole rings is 1. The third kappa shape index (κ3) is 5.04. The van der Waals surface area contributed by atoms with Gasteiger partial charge in [-0.15, -0.1) is 23.1 Å². The normalized spacial score (nSPS) is 10.6. The van der Waals surface area contributed by atoms with E-state index in [2.05, 4.69) is 20.3 Å². The van der Waals surface area contributed by atoms with Crippen molar-refractivity contribution in [2.24, 2.45) is 0 Å². The van der Waals surface area contributed by atoms with Crippen LogP contribution in [-0.2, 0) is 17.0 Å². The van der Waals surface area contributed by atoms with Gasteiger partial charge >= 0.3 is 0 Å². The van der Waals surface area contributed by atoms with Gasteiger partial charge in [-0.25, -0.2) is 9.97 Å². The van der Waals surface area contributed by atoms with Gasteiger partial charge in [0.2, 0.25) is 5.91 Å². The van der Waals surface area contributed by atoms with Crippen molar-refractivity contribution in [3.63, 3.8) is 0 Å². The summed E-state index contributed by atoms with van der Waals surface area (Å²) < 4.78 is 0. The number of aromatic nitrogens is 3. The van der Waals surface area contributed by atoms with E-state index >= 15 is 0 Å². The minimum Gasteiger partial charge on any atom is -0.355 e. The molecule has 5 nitrogen and oxygen atoms in total. The van der Waals surface area contributed by atoms with E-state index in [0.29, 0.717) is 12.3 Å². The lowest BCUT2D eigenvalue weighted by atomic mass is 10.3. The number of carbonyl (C=O) groups excluding carboxylic acids is 1. The van der Waals surface area contributed by atoms with Crippen molar-refractivity contribution in [2.45, 2.75) is 19.1 Å². The first kappa shape index (κ1) is 14.1. The van der Waals surface area contributed by atoms with Crippen LogP contribution in [0.4, 0.5) is 0 Å². The van der Waals surface area contributed by atoms with Gasteiger partial charge in [-0.05, 0) is 6.92 Å². The molecule has 102 valence electrons. The van der Waals surface area contributed by atoms with Crippen molar-refractivity contribution in [3.05, 3.63) is 34.3 Å². The standard InChI is InChI=1S/C12H16N4OS2/c1-9-16-11(6-19-9)5-18-7-12(17)14-3-2-10-4-13-8-15-10/h4,6,8H,2-3,5,7H2,1H3,(H,13,15)(H,14,17). The van der Waals surface area contributed by atoms with Crippen LogP contribution in [0.5, 0.6) is 0 Å². The lowest BCUT2D eigenvalue weighted by Crippen LogP contribution is -2.27. The number of hydrogen-bond acceptors (Lipinski definition) is 5. The van der Waals surface area contributed by atoms with E-state index in [-0.39, 0.29) is 5.91 Å². The van der Waals surface area contributed by atoms with Crippen LogP contribution >= 0.6 is 23.1 Å². The molecule has 1 amide bonds. The predicted molar refractivity (Wildman–Crippen MR) is 78.3 cm³/mol. The van der Waals surface area contributed by atoms with E-state index in [9.17, 15) is 4.79 Å². The Balaban J connectivity index is 1.57. The molecule has 2 N–H and O–H groups in total. The minimum atomic E-state index is 0.0662. The number of carbonyl (C=O) groups is 1. The van der Waals surface area contributed by atoms with Gasteiger partial charge in [-0.2, -0.15) is 0 Å². The van der Waals surface area contributed by atoms with Gasteiger partial charge in [0.1, 0.15) is 0 Å². The first-order valence-corrected chi connectivity index (χ1v) is 8.00. The highest BCUT2D eigenvalue weighted by Crippen LogP contribution is 2.14. The summed E-state index contributed by atoms with van der Waals surface area (Å²) >= 11 is 3.23. The number of hydrogen-bond donors (Lipinski definition) is 2. The molecule has 0 aliphatic heterocycles. The van der Waals surface area contributed by atoms with E-state index in [0.717, 1.165) is 28.6 Å².